The number of fused-ring (bicyclic) bond motifs is 1. The van der Waals surface area contributed by atoms with E-state index < -0.39 is 16.0 Å². The Morgan fingerprint density at radius 1 is 1.21 bits per heavy atom. The van der Waals surface area contributed by atoms with E-state index in [1.165, 1.54) is 24.4 Å². The fraction of sp³-hybridized carbons (Fsp3) is 0.182. The van der Waals surface area contributed by atoms with Crippen LogP contribution in [0.1, 0.15) is 30.1 Å². The molecule has 0 spiro atoms. The van der Waals surface area contributed by atoms with Crippen molar-refractivity contribution in [1.82, 2.24) is 13.9 Å². The van der Waals surface area contributed by atoms with Crippen molar-refractivity contribution in [2.24, 2.45) is 5.10 Å². The highest BCUT2D eigenvalue weighted by Gasteiger charge is 2.30. The number of nitrogens with one attached hydrogen (secondary N) is 1. The van der Waals surface area contributed by atoms with Crippen LogP contribution in [0.25, 0.3) is 22.6 Å². The molecule has 11 heteroatoms. The summed E-state index contributed by atoms with van der Waals surface area (Å²) in [5.41, 5.74) is 2.55. The summed E-state index contributed by atoms with van der Waals surface area (Å²) in [6.07, 6.45) is 1.51. The van der Waals surface area contributed by atoms with Crippen molar-refractivity contribution >= 4 is 39.1 Å². The number of esters is 1. The van der Waals surface area contributed by atoms with Crippen molar-refractivity contribution in [2.45, 2.75) is 25.7 Å². The second kappa shape index (κ2) is 8.87. The Balaban J connectivity index is 2.08. The van der Waals surface area contributed by atoms with Crippen LogP contribution in [0, 0.1) is 6.92 Å². The molecular formula is C22H21N5O5S. The summed E-state index contributed by atoms with van der Waals surface area (Å²) in [6, 6.07) is 12.6. The van der Waals surface area contributed by atoms with Gasteiger partial charge in [-0.3, -0.25) is 5.43 Å². The van der Waals surface area contributed by atoms with E-state index >= 15 is 0 Å². The molecular weight excluding hydrogens is 446 g/mol. The third-order valence-electron chi connectivity index (χ3n) is 4.64. The lowest BCUT2D eigenvalue weighted by atomic mass is 10.3. The minimum Gasteiger partial charge on any atom is -0.461 e. The Bertz CT molecular complexity index is 1460. The summed E-state index contributed by atoms with van der Waals surface area (Å²) < 4.78 is 38.9. The van der Waals surface area contributed by atoms with Gasteiger partial charge < -0.3 is 9.15 Å². The van der Waals surface area contributed by atoms with E-state index in [1.807, 2.05) is 0 Å². The molecule has 1 N–H and O–H groups in total. The van der Waals surface area contributed by atoms with Gasteiger partial charge in [-0.15, -0.1) is 0 Å². The number of furan rings is 1. The summed E-state index contributed by atoms with van der Waals surface area (Å²) in [6.45, 7) is 5.18. The second-order valence-corrected chi connectivity index (χ2v) is 8.66. The molecule has 0 amide bonds. The van der Waals surface area contributed by atoms with Crippen LogP contribution in [0.5, 0.6) is 0 Å². The third-order valence-corrected chi connectivity index (χ3v) is 6.36. The van der Waals surface area contributed by atoms with Gasteiger partial charge in [0.2, 0.25) is 0 Å². The lowest BCUT2D eigenvalue weighted by Gasteiger charge is -2.11. The summed E-state index contributed by atoms with van der Waals surface area (Å²) in [7, 11) is -4.22. The molecule has 0 aliphatic heterocycles. The Morgan fingerprint density at radius 3 is 2.61 bits per heavy atom. The van der Waals surface area contributed by atoms with Gasteiger partial charge in [0, 0.05) is 6.21 Å². The molecule has 0 saturated carbocycles. The first-order chi connectivity index (χ1) is 15.9. The van der Waals surface area contributed by atoms with Crippen LogP contribution >= 0.6 is 0 Å². The summed E-state index contributed by atoms with van der Waals surface area (Å²) in [5, 5.41) is 4.28. The van der Waals surface area contributed by atoms with Crippen molar-refractivity contribution in [3.63, 3.8) is 0 Å². The number of aryl methyl sites for hydroxylation is 1. The number of nitrogens with zero attached hydrogens (tertiary/aromatic N) is 4. The molecule has 0 aliphatic carbocycles. The van der Waals surface area contributed by atoms with Crippen LogP contribution in [-0.4, -0.2) is 41.1 Å². The molecule has 4 aromatic rings. The summed E-state index contributed by atoms with van der Waals surface area (Å²) >= 11 is 0. The van der Waals surface area contributed by atoms with Crippen molar-refractivity contribution in [2.75, 3.05) is 12.0 Å². The van der Waals surface area contributed by atoms with Crippen LogP contribution < -0.4 is 5.43 Å². The first kappa shape index (κ1) is 22.2. The zero-order chi connectivity index (χ0) is 23.6. The average molecular weight is 468 g/mol. The Labute approximate surface area is 190 Å². The third kappa shape index (κ3) is 4.10. The molecule has 1 aromatic carbocycles. The standard InChI is InChI=1S/C22H21N5O5S/c1-4-23-26-19-16-13-17(22(28)31-5-2)27(33(29,30)15-9-7-6-8-10-15)21(16)25-20(24-19)18-12-11-14(3)32-18/h4,6-13H,5H2,1-3H3,(H,24,25,26)/b23-4+. The highest BCUT2D eigenvalue weighted by atomic mass is 32.2. The molecule has 3 aromatic heterocycles. The molecule has 0 fully saturated rings. The van der Waals surface area contributed by atoms with Gasteiger partial charge in [0.15, 0.2) is 23.0 Å². The second-order valence-electron chi connectivity index (χ2n) is 6.88. The van der Waals surface area contributed by atoms with E-state index in [-0.39, 0.29) is 39.9 Å². The number of carbonyl (C=O) groups excluding carboxylic acids is 1. The maximum absolute atomic E-state index is 13.6. The predicted molar refractivity (Wildman–Crippen MR) is 123 cm³/mol. The molecule has 10 nitrogen and oxygen atoms in total. The van der Waals surface area contributed by atoms with Gasteiger partial charge in [-0.2, -0.15) is 5.10 Å². The fourth-order valence-electron chi connectivity index (χ4n) is 3.22. The van der Waals surface area contributed by atoms with Gasteiger partial charge in [-0.25, -0.2) is 27.2 Å². The van der Waals surface area contributed by atoms with Gasteiger partial charge in [0.25, 0.3) is 10.0 Å². The van der Waals surface area contributed by atoms with Crippen LogP contribution in [0.2, 0.25) is 0 Å². The van der Waals surface area contributed by atoms with Gasteiger partial charge in [-0.05, 0) is 51.1 Å². The molecule has 0 saturated heterocycles. The molecule has 0 bridgehead atoms. The monoisotopic (exact) mass is 467 g/mol. The van der Waals surface area contributed by atoms with Crippen molar-refractivity contribution < 1.29 is 22.4 Å². The van der Waals surface area contributed by atoms with Crippen molar-refractivity contribution in [1.29, 1.82) is 0 Å². The fourth-order valence-corrected chi connectivity index (χ4v) is 4.68. The van der Waals surface area contributed by atoms with E-state index in [9.17, 15) is 13.2 Å². The molecule has 0 atom stereocenters. The number of hydrogen-bond donors (Lipinski definition) is 1. The van der Waals surface area contributed by atoms with Crippen LogP contribution in [-0.2, 0) is 14.8 Å². The number of benzene rings is 1. The molecule has 4 rings (SSSR count). The Morgan fingerprint density at radius 2 is 1.97 bits per heavy atom. The maximum atomic E-state index is 13.6. The molecule has 33 heavy (non-hydrogen) atoms. The predicted octanol–water partition coefficient (Wildman–Crippen LogP) is 3.83. The number of carbonyl (C=O) groups is 1. The van der Waals surface area contributed by atoms with E-state index in [0.29, 0.717) is 11.5 Å². The lowest BCUT2D eigenvalue weighted by molar-refractivity contribution is 0.0518. The smallest absolute Gasteiger partial charge is 0.356 e. The number of ether oxygens (including phenoxy) is 1. The first-order valence-corrected chi connectivity index (χ1v) is 11.5. The zero-order valence-electron chi connectivity index (χ0n) is 18.1. The molecule has 3 heterocycles. The number of hydrogen-bond acceptors (Lipinski definition) is 9. The van der Waals surface area contributed by atoms with Gasteiger partial charge in [0.1, 0.15) is 11.5 Å². The average Bonchev–Trinajstić information content (AvgIpc) is 3.42. The minimum atomic E-state index is -4.22. The SMILES string of the molecule is C/C=N/Nc1nc(-c2ccc(C)o2)nc2c1cc(C(=O)OCC)n2S(=O)(=O)c1ccccc1. The summed E-state index contributed by atoms with van der Waals surface area (Å²) in [4.78, 5) is 21.7. The van der Waals surface area contributed by atoms with E-state index in [2.05, 4.69) is 20.5 Å². The topological polar surface area (TPSA) is 129 Å². The Hall–Kier alpha value is -3.99. The normalized spacial score (nSPS) is 11.8. The summed E-state index contributed by atoms with van der Waals surface area (Å²) in [5.74, 6) is 0.488. The minimum absolute atomic E-state index is 0.0110. The quantitative estimate of drug-likeness (QED) is 0.247. The van der Waals surface area contributed by atoms with E-state index in [0.717, 1.165) is 3.97 Å². The lowest BCUT2D eigenvalue weighted by Crippen LogP contribution is -2.20. The van der Waals surface area contributed by atoms with E-state index in [4.69, 9.17) is 9.15 Å². The van der Waals surface area contributed by atoms with Crippen molar-refractivity contribution in [3.05, 3.63) is 60.0 Å². The number of rotatable bonds is 7. The van der Waals surface area contributed by atoms with Gasteiger partial charge in [-0.1, -0.05) is 18.2 Å². The Kier molecular flexibility index (Phi) is 5.97. The van der Waals surface area contributed by atoms with Crippen LogP contribution in [0.4, 0.5) is 5.82 Å². The first-order valence-electron chi connectivity index (χ1n) is 10.1. The van der Waals surface area contributed by atoms with E-state index in [1.54, 1.807) is 51.1 Å². The largest absolute Gasteiger partial charge is 0.461 e. The molecule has 0 unspecified atom stereocenters. The van der Waals surface area contributed by atoms with Crippen LogP contribution in [0.15, 0.2) is 62.9 Å². The van der Waals surface area contributed by atoms with Gasteiger partial charge >= 0.3 is 5.97 Å². The van der Waals surface area contributed by atoms with Crippen molar-refractivity contribution in [3.8, 4) is 11.6 Å². The van der Waals surface area contributed by atoms with Gasteiger partial charge in [0.05, 0.1) is 16.9 Å². The zero-order valence-corrected chi connectivity index (χ0v) is 19.0. The number of aromatic nitrogens is 3. The maximum Gasteiger partial charge on any atom is 0.356 e. The highest BCUT2D eigenvalue weighted by molar-refractivity contribution is 7.90. The van der Waals surface area contributed by atoms with Crippen LogP contribution in [0.3, 0.4) is 0 Å². The highest BCUT2D eigenvalue weighted by Crippen LogP contribution is 2.32. The molecule has 0 aliphatic rings. The molecule has 170 valence electrons. The number of hydrazone groups is 1. The number of anilines is 1. The molecule has 0 radical (unpaired) electrons.